The van der Waals surface area contributed by atoms with Crippen LogP contribution in [0.1, 0.15) is 38.5 Å². The summed E-state index contributed by atoms with van der Waals surface area (Å²) < 4.78 is 18.6. The Morgan fingerprint density at radius 1 is 1.17 bits per heavy atom. The third-order valence-electron chi connectivity index (χ3n) is 4.39. The van der Waals surface area contributed by atoms with Gasteiger partial charge in [-0.1, -0.05) is 6.42 Å². The summed E-state index contributed by atoms with van der Waals surface area (Å²) in [6.45, 7) is 0. The fourth-order valence-corrected chi connectivity index (χ4v) is 3.09. The van der Waals surface area contributed by atoms with Gasteiger partial charge in [-0.15, -0.1) is 0 Å². The average Bonchev–Trinajstić information content (AvgIpc) is 3.02. The molecule has 2 N–H and O–H groups in total. The number of halogens is 1. The number of hydrogen-bond acceptors (Lipinski definition) is 5. The first-order chi connectivity index (χ1) is 11.5. The fourth-order valence-electron chi connectivity index (χ4n) is 3.09. The topological polar surface area (TPSA) is 85.0 Å². The molecule has 128 valence electrons. The molecule has 1 fully saturated rings. The maximum Gasteiger partial charge on any atom is 0.354 e. The first-order valence-corrected chi connectivity index (χ1v) is 8.17. The van der Waals surface area contributed by atoms with Crippen LogP contribution in [0.25, 0.3) is 0 Å². The van der Waals surface area contributed by atoms with E-state index < -0.39 is 23.7 Å². The predicted octanol–water partition coefficient (Wildman–Crippen LogP) is 2.12. The van der Waals surface area contributed by atoms with Gasteiger partial charge in [0.25, 0.3) is 0 Å². The number of amides is 1. The number of carbonyl (C=O) groups is 2. The van der Waals surface area contributed by atoms with E-state index in [1.54, 1.807) is 0 Å². The molecule has 2 aliphatic rings. The van der Waals surface area contributed by atoms with Gasteiger partial charge in [-0.2, -0.15) is 5.10 Å². The van der Waals surface area contributed by atoms with Crippen molar-refractivity contribution in [1.82, 2.24) is 0 Å². The Hall–Kier alpha value is -2.44. The zero-order valence-corrected chi connectivity index (χ0v) is 13.3. The molecule has 1 saturated carbocycles. The first kappa shape index (κ1) is 16.4. The summed E-state index contributed by atoms with van der Waals surface area (Å²) in [6, 6.07) is 4.74. The highest BCUT2D eigenvalue weighted by atomic mass is 19.1. The molecular weight excluding hydrogens is 313 g/mol. The zero-order chi connectivity index (χ0) is 17.1. The number of rotatable bonds is 4. The molecule has 1 amide bonds. The number of hydrogen-bond donors (Lipinski definition) is 1. The van der Waals surface area contributed by atoms with Crippen molar-refractivity contribution in [2.75, 3.05) is 5.01 Å². The van der Waals surface area contributed by atoms with E-state index >= 15 is 0 Å². The van der Waals surface area contributed by atoms with Crippen LogP contribution < -0.4 is 10.7 Å². The van der Waals surface area contributed by atoms with E-state index in [1.807, 2.05) is 0 Å². The molecule has 1 aromatic carbocycles. The molecule has 0 bridgehead atoms. The van der Waals surface area contributed by atoms with Crippen LogP contribution in [0.4, 0.5) is 10.1 Å². The number of esters is 1. The van der Waals surface area contributed by atoms with Crippen molar-refractivity contribution in [3.05, 3.63) is 30.1 Å². The highest BCUT2D eigenvalue weighted by Crippen LogP contribution is 2.26. The normalized spacial score (nSPS) is 21.5. The molecule has 3 rings (SSSR count). The van der Waals surface area contributed by atoms with Gasteiger partial charge >= 0.3 is 5.97 Å². The van der Waals surface area contributed by atoms with Gasteiger partial charge in [0, 0.05) is 6.42 Å². The number of benzene rings is 1. The molecule has 1 aliphatic heterocycles. The Morgan fingerprint density at radius 2 is 1.83 bits per heavy atom. The summed E-state index contributed by atoms with van der Waals surface area (Å²) in [5.74, 6) is -1.49. The minimum Gasteiger partial charge on any atom is -0.458 e. The molecule has 1 aliphatic carbocycles. The second-order valence-corrected chi connectivity index (χ2v) is 6.16. The smallest absolute Gasteiger partial charge is 0.354 e. The largest absolute Gasteiger partial charge is 0.458 e. The Balaban J connectivity index is 1.75. The number of ether oxygens (including phenoxy) is 1. The van der Waals surface area contributed by atoms with E-state index in [-0.39, 0.29) is 18.2 Å². The molecule has 0 aromatic heterocycles. The molecule has 1 atom stereocenters. The molecule has 0 spiro atoms. The summed E-state index contributed by atoms with van der Waals surface area (Å²) in [5.41, 5.74) is 6.10. The van der Waals surface area contributed by atoms with E-state index in [9.17, 15) is 14.0 Å². The average molecular weight is 333 g/mol. The van der Waals surface area contributed by atoms with Gasteiger partial charge in [-0.3, -0.25) is 9.80 Å². The Morgan fingerprint density at radius 3 is 2.46 bits per heavy atom. The van der Waals surface area contributed by atoms with Crippen LogP contribution in [0, 0.1) is 5.82 Å². The predicted molar refractivity (Wildman–Crippen MR) is 86.9 cm³/mol. The highest BCUT2D eigenvalue weighted by Gasteiger charge is 2.36. The summed E-state index contributed by atoms with van der Waals surface area (Å²) in [4.78, 5) is 24.0. The number of primary amides is 1. The number of carbonyl (C=O) groups excluding carboxylic acids is 2. The lowest BCUT2D eigenvalue weighted by Crippen LogP contribution is -2.39. The molecule has 0 saturated heterocycles. The van der Waals surface area contributed by atoms with Gasteiger partial charge in [0.2, 0.25) is 5.91 Å². The molecule has 0 radical (unpaired) electrons. The molecule has 1 aromatic rings. The molecule has 7 heteroatoms. The SMILES string of the molecule is NC(=O)C1CC(C(=O)OC2CCCCC2)=NN1c1ccc(F)cc1. The number of nitrogens with two attached hydrogens (primary N) is 1. The maximum absolute atomic E-state index is 13.1. The maximum atomic E-state index is 13.1. The van der Waals surface area contributed by atoms with Crippen molar-refractivity contribution in [3.63, 3.8) is 0 Å². The standard InChI is InChI=1S/C17H20FN3O3/c18-11-6-8-12(9-7-11)21-15(16(19)22)10-14(20-21)17(23)24-13-4-2-1-3-5-13/h6-9,13,15H,1-5,10H2,(H2,19,22). The third-order valence-corrected chi connectivity index (χ3v) is 4.39. The quantitative estimate of drug-likeness (QED) is 0.855. The van der Waals surface area contributed by atoms with Crippen LogP contribution in [0.3, 0.4) is 0 Å². The van der Waals surface area contributed by atoms with E-state index in [0.29, 0.717) is 5.69 Å². The van der Waals surface area contributed by atoms with E-state index in [1.165, 1.54) is 29.3 Å². The molecule has 24 heavy (non-hydrogen) atoms. The summed E-state index contributed by atoms with van der Waals surface area (Å²) in [7, 11) is 0. The number of anilines is 1. The van der Waals surface area contributed by atoms with Gasteiger partial charge in [0.05, 0.1) is 5.69 Å². The minimum atomic E-state index is -0.774. The van der Waals surface area contributed by atoms with Crippen LogP contribution in [-0.4, -0.2) is 29.7 Å². The first-order valence-electron chi connectivity index (χ1n) is 8.17. The van der Waals surface area contributed by atoms with Crippen molar-refractivity contribution >= 4 is 23.3 Å². The second-order valence-electron chi connectivity index (χ2n) is 6.16. The zero-order valence-electron chi connectivity index (χ0n) is 13.3. The molecular formula is C17H20FN3O3. The summed E-state index contributed by atoms with van der Waals surface area (Å²) in [5, 5.41) is 5.57. The molecule has 6 nitrogen and oxygen atoms in total. The van der Waals surface area contributed by atoms with Gasteiger partial charge in [-0.05, 0) is 49.9 Å². The highest BCUT2D eigenvalue weighted by molar-refractivity contribution is 6.38. The van der Waals surface area contributed by atoms with Crippen molar-refractivity contribution in [1.29, 1.82) is 0 Å². The van der Waals surface area contributed by atoms with E-state index in [4.69, 9.17) is 10.5 Å². The van der Waals surface area contributed by atoms with Crippen LogP contribution in [0.2, 0.25) is 0 Å². The lowest BCUT2D eigenvalue weighted by Gasteiger charge is -2.21. The van der Waals surface area contributed by atoms with Gasteiger partial charge in [0.15, 0.2) is 0 Å². The van der Waals surface area contributed by atoms with E-state index in [2.05, 4.69) is 5.10 Å². The van der Waals surface area contributed by atoms with Crippen molar-refractivity contribution in [2.24, 2.45) is 10.8 Å². The Labute approximate surface area is 139 Å². The summed E-state index contributed by atoms with van der Waals surface area (Å²) in [6.07, 6.45) is 5.00. The van der Waals surface area contributed by atoms with Gasteiger partial charge in [0.1, 0.15) is 23.7 Å². The van der Waals surface area contributed by atoms with Gasteiger partial charge in [-0.25, -0.2) is 9.18 Å². The van der Waals surface area contributed by atoms with Crippen molar-refractivity contribution in [2.45, 2.75) is 50.7 Å². The molecule has 1 unspecified atom stereocenters. The van der Waals surface area contributed by atoms with Crippen molar-refractivity contribution < 1.29 is 18.7 Å². The third kappa shape index (κ3) is 3.55. The lowest BCUT2D eigenvalue weighted by atomic mass is 9.98. The van der Waals surface area contributed by atoms with Crippen LogP contribution in [0.5, 0.6) is 0 Å². The minimum absolute atomic E-state index is 0.0825. The van der Waals surface area contributed by atoms with Crippen LogP contribution >= 0.6 is 0 Å². The Kier molecular flexibility index (Phi) is 4.78. The Bertz CT molecular complexity index is 654. The monoisotopic (exact) mass is 333 g/mol. The molecule has 1 heterocycles. The van der Waals surface area contributed by atoms with Crippen LogP contribution in [0.15, 0.2) is 29.4 Å². The number of hydrazone groups is 1. The van der Waals surface area contributed by atoms with Gasteiger partial charge < -0.3 is 10.5 Å². The lowest BCUT2D eigenvalue weighted by molar-refractivity contribution is -0.142. The number of nitrogens with zero attached hydrogens (tertiary/aromatic N) is 2. The van der Waals surface area contributed by atoms with E-state index in [0.717, 1.165) is 32.1 Å². The van der Waals surface area contributed by atoms with Crippen molar-refractivity contribution in [3.8, 4) is 0 Å². The summed E-state index contributed by atoms with van der Waals surface area (Å²) >= 11 is 0. The van der Waals surface area contributed by atoms with Crippen LogP contribution in [-0.2, 0) is 14.3 Å². The second kappa shape index (κ2) is 6.98. The fraction of sp³-hybridized carbons (Fsp3) is 0.471.